The van der Waals surface area contributed by atoms with E-state index in [1.54, 1.807) is 11.9 Å². The molecule has 0 aliphatic carbocycles. The third kappa shape index (κ3) is 3.76. The maximum absolute atomic E-state index is 11.8. The van der Waals surface area contributed by atoms with Crippen LogP contribution in [0.25, 0.3) is 0 Å². The van der Waals surface area contributed by atoms with Gasteiger partial charge in [-0.15, -0.1) is 0 Å². The molecule has 16 heavy (non-hydrogen) atoms. The normalized spacial score (nSPS) is 26.8. The van der Waals surface area contributed by atoms with Crippen LogP contribution in [0.3, 0.4) is 0 Å². The van der Waals surface area contributed by atoms with E-state index in [1.807, 2.05) is 0 Å². The number of carbonyl (C=O) groups is 1. The molecular weight excluding hydrogens is 204 g/mol. The molecular formula is C12H24N2O2. The van der Waals surface area contributed by atoms with Gasteiger partial charge in [-0.3, -0.25) is 4.79 Å². The van der Waals surface area contributed by atoms with Crippen LogP contribution in [0.15, 0.2) is 0 Å². The summed E-state index contributed by atoms with van der Waals surface area (Å²) >= 11 is 0. The average Bonchev–Trinajstić information content (AvgIpc) is 2.64. The van der Waals surface area contributed by atoms with Crippen LogP contribution < -0.4 is 5.32 Å². The number of carbonyl (C=O) groups excluding carboxylic acids is 1. The van der Waals surface area contributed by atoms with Crippen LogP contribution in [0.1, 0.15) is 33.1 Å². The zero-order chi connectivity index (χ0) is 12.2. The van der Waals surface area contributed by atoms with Crippen molar-refractivity contribution in [3.8, 4) is 0 Å². The lowest BCUT2D eigenvalue weighted by atomic mass is 10.0. The maximum Gasteiger partial charge on any atom is 0.222 e. The first kappa shape index (κ1) is 13.5. The van der Waals surface area contributed by atoms with Gasteiger partial charge in [-0.1, -0.05) is 20.3 Å². The Morgan fingerprint density at radius 3 is 2.81 bits per heavy atom. The number of β-amino-alcohol motifs (C(OH)–C–C–N with tert-alkyl or cyclic N) is 1. The van der Waals surface area contributed by atoms with E-state index in [9.17, 15) is 9.90 Å². The summed E-state index contributed by atoms with van der Waals surface area (Å²) in [5, 5.41) is 13.3. The van der Waals surface area contributed by atoms with Gasteiger partial charge < -0.3 is 15.3 Å². The summed E-state index contributed by atoms with van der Waals surface area (Å²) in [4.78, 5) is 13.5. The van der Waals surface area contributed by atoms with Crippen molar-refractivity contribution in [1.82, 2.24) is 10.2 Å². The van der Waals surface area contributed by atoms with E-state index in [0.717, 1.165) is 19.4 Å². The lowest BCUT2D eigenvalue weighted by Gasteiger charge is -2.28. The number of aliphatic hydroxyl groups is 1. The highest BCUT2D eigenvalue weighted by atomic mass is 16.3. The van der Waals surface area contributed by atoms with Crippen molar-refractivity contribution < 1.29 is 9.90 Å². The van der Waals surface area contributed by atoms with Crippen molar-refractivity contribution in [2.75, 3.05) is 26.7 Å². The number of likely N-dealkylation sites (N-methyl/N-ethyl adjacent to an activating group) is 1. The number of hydrogen-bond acceptors (Lipinski definition) is 3. The number of amides is 1. The molecule has 0 aromatic carbocycles. The Kier molecular flexibility index (Phi) is 4.74. The van der Waals surface area contributed by atoms with Crippen LogP contribution >= 0.6 is 0 Å². The molecule has 2 N–H and O–H groups in total. The summed E-state index contributed by atoms with van der Waals surface area (Å²) in [5.74, 6) is 0.556. The summed E-state index contributed by atoms with van der Waals surface area (Å²) in [5.41, 5.74) is -0.722. The van der Waals surface area contributed by atoms with Gasteiger partial charge >= 0.3 is 0 Å². The molecule has 4 heteroatoms. The summed E-state index contributed by atoms with van der Waals surface area (Å²) < 4.78 is 0. The zero-order valence-corrected chi connectivity index (χ0v) is 10.6. The van der Waals surface area contributed by atoms with Crippen molar-refractivity contribution in [1.29, 1.82) is 0 Å². The van der Waals surface area contributed by atoms with Gasteiger partial charge in [-0.05, 0) is 18.9 Å². The van der Waals surface area contributed by atoms with Gasteiger partial charge in [-0.2, -0.15) is 0 Å². The van der Waals surface area contributed by atoms with Gasteiger partial charge in [0.15, 0.2) is 0 Å². The van der Waals surface area contributed by atoms with Gasteiger partial charge in [0.2, 0.25) is 5.91 Å². The minimum absolute atomic E-state index is 0.134. The molecule has 1 heterocycles. The lowest BCUT2D eigenvalue weighted by molar-refractivity contribution is -0.133. The molecule has 94 valence electrons. The van der Waals surface area contributed by atoms with Crippen LogP contribution in [-0.2, 0) is 4.79 Å². The first-order chi connectivity index (χ1) is 7.47. The SMILES string of the molecule is CCC(C)CC(=O)N(C)CC1(O)CCNC1. The predicted molar refractivity (Wildman–Crippen MR) is 64.1 cm³/mol. The molecule has 1 aliphatic rings. The topological polar surface area (TPSA) is 52.6 Å². The Hall–Kier alpha value is -0.610. The fourth-order valence-corrected chi connectivity index (χ4v) is 1.99. The fourth-order valence-electron chi connectivity index (χ4n) is 1.99. The standard InChI is InChI=1S/C12H24N2O2/c1-4-10(2)7-11(15)14(3)9-12(16)5-6-13-8-12/h10,13,16H,4-9H2,1-3H3. The third-order valence-corrected chi connectivity index (χ3v) is 3.40. The van der Waals surface area contributed by atoms with Gasteiger partial charge in [-0.25, -0.2) is 0 Å². The minimum Gasteiger partial charge on any atom is -0.387 e. The predicted octanol–water partition coefficient (Wildman–Crippen LogP) is 0.605. The maximum atomic E-state index is 11.8. The van der Waals surface area contributed by atoms with E-state index < -0.39 is 5.60 Å². The molecule has 1 saturated heterocycles. The molecule has 1 rings (SSSR count). The first-order valence-electron chi connectivity index (χ1n) is 6.14. The molecule has 0 aromatic heterocycles. The monoisotopic (exact) mass is 228 g/mol. The Balaban J connectivity index is 2.39. The van der Waals surface area contributed by atoms with Crippen molar-refractivity contribution in [3.05, 3.63) is 0 Å². The van der Waals surface area contributed by atoms with Gasteiger partial charge in [0, 0.05) is 20.0 Å². The summed E-state index contributed by atoms with van der Waals surface area (Å²) in [7, 11) is 1.78. The van der Waals surface area contributed by atoms with E-state index in [2.05, 4.69) is 19.2 Å². The number of nitrogens with one attached hydrogen (secondary N) is 1. The first-order valence-corrected chi connectivity index (χ1v) is 6.14. The van der Waals surface area contributed by atoms with E-state index >= 15 is 0 Å². The largest absolute Gasteiger partial charge is 0.387 e. The van der Waals surface area contributed by atoms with Gasteiger partial charge in [0.05, 0.1) is 12.1 Å². The van der Waals surface area contributed by atoms with Crippen LogP contribution in [0.2, 0.25) is 0 Å². The summed E-state index contributed by atoms with van der Waals surface area (Å²) in [6.45, 7) is 6.04. The molecule has 2 unspecified atom stereocenters. The Morgan fingerprint density at radius 1 is 1.62 bits per heavy atom. The van der Waals surface area contributed by atoms with E-state index in [4.69, 9.17) is 0 Å². The molecule has 1 fully saturated rings. The van der Waals surface area contributed by atoms with Crippen molar-refractivity contribution in [2.24, 2.45) is 5.92 Å². The number of rotatable bonds is 5. The smallest absolute Gasteiger partial charge is 0.222 e. The van der Waals surface area contributed by atoms with Crippen LogP contribution in [0.5, 0.6) is 0 Å². The Labute approximate surface area is 98.0 Å². The fraction of sp³-hybridized carbons (Fsp3) is 0.917. The summed E-state index contributed by atoms with van der Waals surface area (Å²) in [6, 6.07) is 0. The highest BCUT2D eigenvalue weighted by Gasteiger charge is 2.33. The van der Waals surface area contributed by atoms with Crippen molar-refractivity contribution in [3.63, 3.8) is 0 Å². The molecule has 1 aliphatic heterocycles. The quantitative estimate of drug-likeness (QED) is 0.725. The van der Waals surface area contributed by atoms with Crippen LogP contribution in [-0.4, -0.2) is 48.2 Å². The molecule has 0 aromatic rings. The van der Waals surface area contributed by atoms with Crippen molar-refractivity contribution >= 4 is 5.91 Å². The Morgan fingerprint density at radius 2 is 2.31 bits per heavy atom. The molecule has 0 spiro atoms. The highest BCUT2D eigenvalue weighted by molar-refractivity contribution is 5.76. The molecule has 0 bridgehead atoms. The van der Waals surface area contributed by atoms with E-state index in [-0.39, 0.29) is 5.91 Å². The van der Waals surface area contributed by atoms with Crippen LogP contribution in [0, 0.1) is 5.92 Å². The molecule has 0 radical (unpaired) electrons. The number of hydrogen-bond donors (Lipinski definition) is 2. The highest BCUT2D eigenvalue weighted by Crippen LogP contribution is 2.16. The molecule has 2 atom stereocenters. The van der Waals surface area contributed by atoms with Gasteiger partial charge in [0.1, 0.15) is 0 Å². The summed E-state index contributed by atoms with van der Waals surface area (Å²) in [6.07, 6.45) is 2.33. The van der Waals surface area contributed by atoms with E-state index in [0.29, 0.717) is 25.4 Å². The third-order valence-electron chi connectivity index (χ3n) is 3.40. The lowest BCUT2D eigenvalue weighted by Crippen LogP contribution is -2.45. The second-order valence-corrected chi connectivity index (χ2v) is 5.12. The van der Waals surface area contributed by atoms with Gasteiger partial charge in [0.25, 0.3) is 0 Å². The van der Waals surface area contributed by atoms with Crippen LogP contribution in [0.4, 0.5) is 0 Å². The Bertz CT molecular complexity index is 237. The zero-order valence-electron chi connectivity index (χ0n) is 10.6. The second-order valence-electron chi connectivity index (χ2n) is 5.12. The average molecular weight is 228 g/mol. The second kappa shape index (κ2) is 5.64. The van der Waals surface area contributed by atoms with E-state index in [1.165, 1.54) is 0 Å². The minimum atomic E-state index is -0.722. The number of nitrogens with zero attached hydrogens (tertiary/aromatic N) is 1. The molecule has 0 saturated carbocycles. The molecule has 4 nitrogen and oxygen atoms in total. The molecule has 1 amide bonds. The van der Waals surface area contributed by atoms with Crippen molar-refractivity contribution in [2.45, 2.75) is 38.7 Å².